The maximum atomic E-state index is 11.2. The smallest absolute Gasteiger partial charge is 0.306 e. The molecular weight excluding hydrogens is 316 g/mol. The topological polar surface area (TPSA) is 91.8 Å². The number of hydrogen-bond donors (Lipinski definition) is 2. The molecule has 1 heterocycles. The number of aryl methyl sites for hydroxylation is 1. The predicted molar refractivity (Wildman–Crippen MR) is 96.0 cm³/mol. The molecule has 1 aliphatic rings. The van der Waals surface area contributed by atoms with Gasteiger partial charge in [-0.25, -0.2) is 0 Å². The Labute approximate surface area is 149 Å². The van der Waals surface area contributed by atoms with E-state index in [-0.39, 0.29) is 5.92 Å². The van der Waals surface area contributed by atoms with Gasteiger partial charge in [-0.15, -0.1) is 10.2 Å². The molecule has 1 aliphatic carbocycles. The lowest BCUT2D eigenvalue weighted by atomic mass is 9.83. The van der Waals surface area contributed by atoms with Gasteiger partial charge in [0.2, 0.25) is 0 Å². The second-order valence-corrected chi connectivity index (χ2v) is 6.80. The zero-order chi connectivity index (χ0) is 17.9. The Morgan fingerprint density at radius 2 is 1.96 bits per heavy atom. The highest BCUT2D eigenvalue weighted by Gasteiger charge is 2.22. The summed E-state index contributed by atoms with van der Waals surface area (Å²) in [7, 11) is 0. The third kappa shape index (κ3) is 7.45. The largest absolute Gasteiger partial charge is 0.481 e. The maximum absolute atomic E-state index is 11.2. The Morgan fingerprint density at radius 3 is 2.48 bits per heavy atom. The molecule has 136 valence electrons. The second kappa shape index (κ2) is 10.6. The van der Waals surface area contributed by atoms with Gasteiger partial charge in [-0.2, -0.15) is 5.21 Å². The molecule has 0 saturated heterocycles. The summed E-state index contributed by atoms with van der Waals surface area (Å²) in [6.07, 6.45) is 8.55. The normalized spacial score (nSPS) is 15.9. The lowest BCUT2D eigenvalue weighted by Gasteiger charge is -2.22. The number of hydrogen-bond acceptors (Lipinski definition) is 4. The monoisotopic (exact) mass is 344 g/mol. The number of aromatic nitrogens is 4. The number of carboxylic acids is 1. The number of nitrogens with zero attached hydrogens (tertiary/aromatic N) is 3. The molecule has 2 aromatic rings. The first-order valence-corrected chi connectivity index (χ1v) is 9.12. The van der Waals surface area contributed by atoms with Crippen molar-refractivity contribution in [3.63, 3.8) is 0 Å². The fourth-order valence-corrected chi connectivity index (χ4v) is 3.25. The number of rotatable bonds is 6. The Hall–Kier alpha value is -2.24. The molecule has 1 atom stereocenters. The molecule has 0 spiro atoms. The average molecular weight is 344 g/mol. The molecule has 0 aliphatic heterocycles. The lowest BCUT2D eigenvalue weighted by molar-refractivity contribution is -0.142. The first kappa shape index (κ1) is 19.1. The number of carboxylic acid groups (broad SMARTS) is 1. The molecule has 1 aromatic heterocycles. The highest BCUT2D eigenvalue weighted by Crippen LogP contribution is 2.29. The number of carbonyl (C=O) groups is 1. The number of nitrogens with one attached hydrogen (secondary N) is 1. The highest BCUT2D eigenvalue weighted by molar-refractivity contribution is 5.70. The van der Waals surface area contributed by atoms with Gasteiger partial charge < -0.3 is 5.11 Å². The number of tetrazole rings is 1. The minimum atomic E-state index is -0.754. The number of aromatic amines is 1. The van der Waals surface area contributed by atoms with E-state index in [1.54, 1.807) is 0 Å². The van der Waals surface area contributed by atoms with Gasteiger partial charge in [-0.3, -0.25) is 4.79 Å². The summed E-state index contributed by atoms with van der Waals surface area (Å²) >= 11 is 0. The van der Waals surface area contributed by atoms with Crippen LogP contribution in [0.15, 0.2) is 30.3 Å². The van der Waals surface area contributed by atoms with Gasteiger partial charge >= 0.3 is 5.97 Å². The SMILES string of the molecule is Cc1ccccc1.O=C(O)[C@@H](CCC1CCCCC1)Cc1nn[nH]n1. The summed E-state index contributed by atoms with van der Waals surface area (Å²) in [4.78, 5) is 11.2. The van der Waals surface area contributed by atoms with E-state index in [0.717, 1.165) is 6.42 Å². The van der Waals surface area contributed by atoms with E-state index < -0.39 is 5.97 Å². The van der Waals surface area contributed by atoms with Gasteiger partial charge in [-0.05, 0) is 25.7 Å². The molecule has 6 heteroatoms. The van der Waals surface area contributed by atoms with Crippen LogP contribution in [0, 0.1) is 18.8 Å². The fourth-order valence-electron chi connectivity index (χ4n) is 3.25. The van der Waals surface area contributed by atoms with Crippen molar-refractivity contribution in [3.05, 3.63) is 41.7 Å². The first-order chi connectivity index (χ1) is 12.1. The van der Waals surface area contributed by atoms with E-state index in [4.69, 9.17) is 0 Å². The van der Waals surface area contributed by atoms with Gasteiger partial charge in [-0.1, -0.05) is 73.2 Å². The van der Waals surface area contributed by atoms with Gasteiger partial charge in [0.25, 0.3) is 0 Å². The van der Waals surface area contributed by atoms with Crippen molar-refractivity contribution in [2.45, 2.75) is 58.3 Å². The van der Waals surface area contributed by atoms with Crippen LogP contribution >= 0.6 is 0 Å². The van der Waals surface area contributed by atoms with E-state index in [9.17, 15) is 9.90 Å². The highest BCUT2D eigenvalue weighted by atomic mass is 16.4. The van der Waals surface area contributed by atoms with Gasteiger partial charge in [0.05, 0.1) is 5.92 Å². The van der Waals surface area contributed by atoms with E-state index in [0.29, 0.717) is 24.6 Å². The molecule has 1 fully saturated rings. The summed E-state index contributed by atoms with van der Waals surface area (Å²) in [5, 5.41) is 22.7. The van der Waals surface area contributed by atoms with Crippen LogP contribution in [0.1, 0.15) is 56.3 Å². The van der Waals surface area contributed by atoms with Crippen molar-refractivity contribution in [1.82, 2.24) is 20.6 Å². The molecular formula is C19H28N4O2. The van der Waals surface area contributed by atoms with E-state index in [1.807, 2.05) is 18.2 Å². The predicted octanol–water partition coefficient (Wildman–Crippen LogP) is 3.80. The third-order valence-electron chi connectivity index (χ3n) is 4.76. The van der Waals surface area contributed by atoms with Crippen LogP contribution in [0.4, 0.5) is 0 Å². The number of H-pyrrole nitrogens is 1. The van der Waals surface area contributed by atoms with Crippen LogP contribution in [0.25, 0.3) is 0 Å². The van der Waals surface area contributed by atoms with E-state index in [1.165, 1.54) is 37.7 Å². The van der Waals surface area contributed by atoms with Crippen molar-refractivity contribution < 1.29 is 9.90 Å². The Balaban J connectivity index is 0.000000269. The van der Waals surface area contributed by atoms with Crippen molar-refractivity contribution in [2.75, 3.05) is 0 Å². The Kier molecular flexibility index (Phi) is 8.09. The lowest BCUT2D eigenvalue weighted by Crippen LogP contribution is -2.19. The van der Waals surface area contributed by atoms with Crippen LogP contribution in [-0.4, -0.2) is 31.7 Å². The van der Waals surface area contributed by atoms with Crippen LogP contribution in [-0.2, 0) is 11.2 Å². The second-order valence-electron chi connectivity index (χ2n) is 6.80. The molecule has 1 saturated carbocycles. The fraction of sp³-hybridized carbons (Fsp3) is 0.579. The van der Waals surface area contributed by atoms with Crippen LogP contribution < -0.4 is 0 Å². The maximum Gasteiger partial charge on any atom is 0.306 e. The van der Waals surface area contributed by atoms with E-state index >= 15 is 0 Å². The van der Waals surface area contributed by atoms with Crippen LogP contribution in [0.2, 0.25) is 0 Å². The van der Waals surface area contributed by atoms with Crippen molar-refractivity contribution >= 4 is 5.97 Å². The Bertz CT molecular complexity index is 595. The molecule has 3 rings (SSSR count). The van der Waals surface area contributed by atoms with E-state index in [2.05, 4.69) is 39.7 Å². The number of aliphatic carboxylic acids is 1. The average Bonchev–Trinajstić information content (AvgIpc) is 3.14. The van der Waals surface area contributed by atoms with Crippen molar-refractivity contribution in [1.29, 1.82) is 0 Å². The summed E-state index contributed by atoms with van der Waals surface area (Å²) in [5.41, 5.74) is 1.32. The standard InChI is InChI=1S/C12H20N4O2.C7H8/c17-12(18)10(8-11-13-15-16-14-11)7-6-9-4-2-1-3-5-9;1-7-5-3-2-4-6-7/h9-10H,1-8H2,(H,17,18)(H,13,14,15,16);2-6H,1H3/t10-;/m0./s1. The molecule has 25 heavy (non-hydrogen) atoms. The zero-order valence-corrected chi connectivity index (χ0v) is 14.9. The summed E-state index contributed by atoms with van der Waals surface area (Å²) in [6.45, 7) is 2.08. The zero-order valence-electron chi connectivity index (χ0n) is 14.9. The summed E-state index contributed by atoms with van der Waals surface area (Å²) < 4.78 is 0. The van der Waals surface area contributed by atoms with Gasteiger partial charge in [0, 0.05) is 6.42 Å². The minimum Gasteiger partial charge on any atom is -0.481 e. The summed E-state index contributed by atoms with van der Waals surface area (Å²) in [6, 6.07) is 10.3. The molecule has 6 nitrogen and oxygen atoms in total. The quantitative estimate of drug-likeness (QED) is 0.831. The third-order valence-corrected chi connectivity index (χ3v) is 4.76. The van der Waals surface area contributed by atoms with Crippen LogP contribution in [0.3, 0.4) is 0 Å². The van der Waals surface area contributed by atoms with Gasteiger partial charge in [0.15, 0.2) is 5.82 Å². The molecule has 0 radical (unpaired) electrons. The summed E-state index contributed by atoms with van der Waals surface area (Å²) in [5.74, 6) is 0.0667. The molecule has 0 unspecified atom stereocenters. The van der Waals surface area contributed by atoms with Crippen LogP contribution in [0.5, 0.6) is 0 Å². The number of benzene rings is 1. The van der Waals surface area contributed by atoms with Crippen molar-refractivity contribution in [3.8, 4) is 0 Å². The van der Waals surface area contributed by atoms with Crippen molar-refractivity contribution in [2.24, 2.45) is 11.8 Å². The van der Waals surface area contributed by atoms with Gasteiger partial charge in [0.1, 0.15) is 0 Å². The molecule has 0 amide bonds. The molecule has 0 bridgehead atoms. The Morgan fingerprint density at radius 1 is 1.24 bits per heavy atom. The molecule has 1 aromatic carbocycles. The first-order valence-electron chi connectivity index (χ1n) is 9.12. The minimum absolute atomic E-state index is 0.374. The molecule has 2 N–H and O–H groups in total.